The molecular weight excluding hydrogens is 410 g/mol. The number of benzene rings is 2. The van der Waals surface area contributed by atoms with Crippen molar-refractivity contribution in [3.8, 4) is 23.6 Å². The number of esters is 1. The highest BCUT2D eigenvalue weighted by atomic mass is 16.5. The number of hydrogen-bond acceptors (Lipinski definition) is 7. The van der Waals surface area contributed by atoms with Crippen molar-refractivity contribution in [2.75, 3.05) is 18.5 Å². The van der Waals surface area contributed by atoms with E-state index in [0.29, 0.717) is 17.0 Å². The van der Waals surface area contributed by atoms with Gasteiger partial charge in [-0.3, -0.25) is 4.79 Å². The van der Waals surface area contributed by atoms with Gasteiger partial charge in [0.15, 0.2) is 19.0 Å². The highest BCUT2D eigenvalue weighted by molar-refractivity contribution is 5.95. The molecule has 0 fully saturated rings. The van der Waals surface area contributed by atoms with Crippen molar-refractivity contribution in [2.24, 2.45) is 0 Å². The van der Waals surface area contributed by atoms with E-state index in [9.17, 15) is 14.9 Å². The standard InChI is InChI=1S/C23H17N5O4/c24-12-13-31-20-9-6-17(7-10-20)8-11-22(30)32-16-21(29)27-23-18(14-25)15-26-28(23)19-4-2-1-3-5-19/h1-11,15H,13,16H2,(H,27,29)/b11-8+. The van der Waals surface area contributed by atoms with E-state index in [0.717, 1.165) is 0 Å². The van der Waals surface area contributed by atoms with Gasteiger partial charge in [-0.05, 0) is 35.9 Å². The van der Waals surface area contributed by atoms with Crippen LogP contribution in [0.3, 0.4) is 0 Å². The van der Waals surface area contributed by atoms with Crippen LogP contribution in [-0.4, -0.2) is 34.9 Å². The van der Waals surface area contributed by atoms with Crippen molar-refractivity contribution in [3.05, 3.63) is 78.0 Å². The van der Waals surface area contributed by atoms with Crippen LogP contribution in [0.1, 0.15) is 11.1 Å². The molecule has 0 atom stereocenters. The molecule has 9 heteroatoms. The van der Waals surface area contributed by atoms with Gasteiger partial charge in [0.1, 0.15) is 23.5 Å². The van der Waals surface area contributed by atoms with Gasteiger partial charge in [-0.15, -0.1) is 0 Å². The lowest BCUT2D eigenvalue weighted by Crippen LogP contribution is -2.22. The highest BCUT2D eigenvalue weighted by Crippen LogP contribution is 2.19. The molecule has 0 aliphatic heterocycles. The maximum atomic E-state index is 12.3. The van der Waals surface area contributed by atoms with Crippen molar-refractivity contribution < 1.29 is 19.1 Å². The normalized spacial score (nSPS) is 10.2. The molecule has 1 N–H and O–H groups in total. The van der Waals surface area contributed by atoms with Crippen molar-refractivity contribution in [3.63, 3.8) is 0 Å². The lowest BCUT2D eigenvalue weighted by atomic mass is 10.2. The summed E-state index contributed by atoms with van der Waals surface area (Å²) in [6, 6.07) is 19.6. The molecule has 0 radical (unpaired) electrons. The molecule has 0 bridgehead atoms. The lowest BCUT2D eigenvalue weighted by molar-refractivity contribution is -0.142. The first-order chi connectivity index (χ1) is 15.6. The SMILES string of the molecule is N#CCOc1ccc(/C=C/C(=O)OCC(=O)Nc2c(C#N)cnn2-c2ccccc2)cc1. The molecule has 1 aromatic heterocycles. The lowest BCUT2D eigenvalue weighted by Gasteiger charge is -2.09. The van der Waals surface area contributed by atoms with Crippen LogP contribution in [0.5, 0.6) is 5.75 Å². The number of nitrogens with one attached hydrogen (secondary N) is 1. The van der Waals surface area contributed by atoms with Crippen LogP contribution in [0.15, 0.2) is 66.9 Å². The quantitative estimate of drug-likeness (QED) is 0.432. The number of nitrogens with zero attached hydrogens (tertiary/aromatic N) is 4. The van der Waals surface area contributed by atoms with E-state index in [-0.39, 0.29) is 18.0 Å². The van der Waals surface area contributed by atoms with Crippen LogP contribution in [0.25, 0.3) is 11.8 Å². The molecule has 1 heterocycles. The fourth-order valence-corrected chi connectivity index (χ4v) is 2.62. The second-order valence-corrected chi connectivity index (χ2v) is 6.27. The molecule has 0 saturated carbocycles. The number of amides is 1. The summed E-state index contributed by atoms with van der Waals surface area (Å²) in [5, 5.41) is 24.5. The molecule has 0 saturated heterocycles. The molecule has 0 aliphatic carbocycles. The Kier molecular flexibility index (Phi) is 7.34. The Morgan fingerprint density at radius 2 is 1.84 bits per heavy atom. The van der Waals surface area contributed by atoms with E-state index < -0.39 is 18.5 Å². The van der Waals surface area contributed by atoms with Gasteiger partial charge in [0.2, 0.25) is 0 Å². The van der Waals surface area contributed by atoms with Gasteiger partial charge < -0.3 is 14.8 Å². The second kappa shape index (κ2) is 10.8. The Bertz CT molecular complexity index is 1200. The zero-order chi connectivity index (χ0) is 22.8. The van der Waals surface area contributed by atoms with Gasteiger partial charge in [0.05, 0.1) is 11.9 Å². The van der Waals surface area contributed by atoms with Gasteiger partial charge in [0, 0.05) is 6.08 Å². The van der Waals surface area contributed by atoms with Crippen LogP contribution in [0.4, 0.5) is 5.82 Å². The van der Waals surface area contributed by atoms with Crippen molar-refractivity contribution >= 4 is 23.8 Å². The minimum absolute atomic E-state index is 0.0500. The van der Waals surface area contributed by atoms with Gasteiger partial charge in [-0.25, -0.2) is 9.48 Å². The first-order valence-corrected chi connectivity index (χ1v) is 9.38. The molecule has 0 aliphatic rings. The maximum absolute atomic E-state index is 12.3. The fraction of sp³-hybridized carbons (Fsp3) is 0.0870. The van der Waals surface area contributed by atoms with Crippen LogP contribution >= 0.6 is 0 Å². The summed E-state index contributed by atoms with van der Waals surface area (Å²) < 4.78 is 11.5. The number of nitriles is 2. The number of aromatic nitrogens is 2. The van der Waals surface area contributed by atoms with E-state index in [1.807, 2.05) is 18.2 Å². The summed E-state index contributed by atoms with van der Waals surface area (Å²) in [6.07, 6.45) is 4.05. The molecule has 0 spiro atoms. The van der Waals surface area contributed by atoms with Gasteiger partial charge >= 0.3 is 5.97 Å². The number of carbonyl (C=O) groups is 2. The highest BCUT2D eigenvalue weighted by Gasteiger charge is 2.15. The average molecular weight is 427 g/mol. The molecule has 158 valence electrons. The molecule has 2 aromatic carbocycles. The summed E-state index contributed by atoms with van der Waals surface area (Å²) in [4.78, 5) is 24.2. The van der Waals surface area contributed by atoms with E-state index in [2.05, 4.69) is 10.4 Å². The number of anilines is 1. The Morgan fingerprint density at radius 3 is 2.53 bits per heavy atom. The Morgan fingerprint density at radius 1 is 1.09 bits per heavy atom. The summed E-state index contributed by atoms with van der Waals surface area (Å²) in [7, 11) is 0. The largest absolute Gasteiger partial charge is 0.479 e. The van der Waals surface area contributed by atoms with Gasteiger partial charge in [0.25, 0.3) is 5.91 Å². The summed E-state index contributed by atoms with van der Waals surface area (Å²) in [5.41, 5.74) is 1.55. The molecule has 3 aromatic rings. The predicted molar refractivity (Wildman–Crippen MR) is 114 cm³/mol. The number of ether oxygens (including phenoxy) is 2. The van der Waals surface area contributed by atoms with E-state index in [4.69, 9.17) is 14.7 Å². The third kappa shape index (κ3) is 5.81. The number of para-hydroxylation sites is 1. The van der Waals surface area contributed by atoms with Crippen LogP contribution in [0, 0.1) is 22.7 Å². The van der Waals surface area contributed by atoms with E-state index in [1.165, 1.54) is 23.0 Å². The molecule has 0 unspecified atom stereocenters. The fourth-order valence-electron chi connectivity index (χ4n) is 2.62. The molecule has 1 amide bonds. The molecule has 3 rings (SSSR count). The van der Waals surface area contributed by atoms with Crippen molar-refractivity contribution in [1.82, 2.24) is 9.78 Å². The van der Waals surface area contributed by atoms with Gasteiger partial charge in [-0.1, -0.05) is 30.3 Å². The van der Waals surface area contributed by atoms with Crippen LogP contribution in [0.2, 0.25) is 0 Å². The minimum atomic E-state index is -0.706. The number of hydrogen-bond donors (Lipinski definition) is 1. The Labute approximate surface area is 183 Å². The van der Waals surface area contributed by atoms with Crippen molar-refractivity contribution in [2.45, 2.75) is 0 Å². The Balaban J connectivity index is 1.56. The van der Waals surface area contributed by atoms with Crippen LogP contribution < -0.4 is 10.1 Å². The van der Waals surface area contributed by atoms with Crippen molar-refractivity contribution in [1.29, 1.82) is 10.5 Å². The zero-order valence-corrected chi connectivity index (χ0v) is 16.8. The minimum Gasteiger partial charge on any atom is -0.479 e. The molecule has 32 heavy (non-hydrogen) atoms. The first kappa shape index (κ1) is 21.8. The zero-order valence-electron chi connectivity index (χ0n) is 16.8. The Hall–Kier alpha value is -4.89. The topological polar surface area (TPSA) is 130 Å². The number of rotatable bonds is 8. The first-order valence-electron chi connectivity index (χ1n) is 9.38. The smallest absolute Gasteiger partial charge is 0.331 e. The average Bonchev–Trinajstić information content (AvgIpc) is 3.23. The summed E-state index contributed by atoms with van der Waals surface area (Å²) in [5.74, 6) is -0.592. The maximum Gasteiger partial charge on any atom is 0.331 e. The third-order valence-electron chi connectivity index (χ3n) is 4.09. The summed E-state index contributed by atoms with van der Waals surface area (Å²) >= 11 is 0. The van der Waals surface area contributed by atoms with E-state index >= 15 is 0 Å². The summed E-state index contributed by atoms with van der Waals surface area (Å²) in [6.45, 7) is -0.583. The molecule has 9 nitrogen and oxygen atoms in total. The monoisotopic (exact) mass is 427 g/mol. The molecular formula is C23H17N5O4. The predicted octanol–water partition coefficient (Wildman–Crippen LogP) is 2.84. The third-order valence-corrected chi connectivity index (χ3v) is 4.09. The van der Waals surface area contributed by atoms with Gasteiger partial charge in [-0.2, -0.15) is 15.6 Å². The van der Waals surface area contributed by atoms with Crippen LogP contribution in [-0.2, 0) is 14.3 Å². The van der Waals surface area contributed by atoms with E-state index in [1.54, 1.807) is 48.5 Å². The number of carbonyl (C=O) groups excluding carboxylic acids is 2. The second-order valence-electron chi connectivity index (χ2n) is 6.27.